The van der Waals surface area contributed by atoms with Crippen molar-refractivity contribution in [1.29, 1.82) is 0 Å². The average molecular weight is 281 g/mol. The molecule has 0 aliphatic heterocycles. The Bertz CT molecular complexity index is 232. The molecule has 0 radical (unpaired) electrons. The fraction of sp³-hybridized carbons (Fsp3) is 0.286. The Kier molecular flexibility index (Phi) is 3.48. The molecular formula is C7H7Br2NO. The van der Waals surface area contributed by atoms with Gasteiger partial charge in [0.25, 0.3) is 0 Å². The van der Waals surface area contributed by atoms with Crippen LogP contribution in [0.15, 0.2) is 21.3 Å². The second-order valence-corrected chi connectivity index (χ2v) is 3.68. The molecule has 0 unspecified atom stereocenters. The molecule has 0 bridgehead atoms. The van der Waals surface area contributed by atoms with Crippen molar-refractivity contribution in [2.24, 2.45) is 0 Å². The zero-order valence-electron chi connectivity index (χ0n) is 5.97. The van der Waals surface area contributed by atoms with E-state index in [1.54, 1.807) is 7.11 Å². The molecule has 0 N–H and O–H groups in total. The van der Waals surface area contributed by atoms with E-state index in [0.29, 0.717) is 6.61 Å². The van der Waals surface area contributed by atoms with Gasteiger partial charge in [0, 0.05) is 7.11 Å². The second-order valence-electron chi connectivity index (χ2n) is 2.05. The number of hydrogen-bond donors (Lipinski definition) is 0. The summed E-state index contributed by atoms with van der Waals surface area (Å²) in [5.74, 6) is 0. The molecule has 1 rings (SSSR count). The minimum atomic E-state index is 0.611. The number of pyridine rings is 1. The molecule has 1 heterocycles. The van der Waals surface area contributed by atoms with Crippen LogP contribution in [-0.4, -0.2) is 12.1 Å². The normalized spacial score (nSPS) is 10.1. The maximum Gasteiger partial charge on any atom is 0.107 e. The first-order valence-corrected chi connectivity index (χ1v) is 4.62. The van der Waals surface area contributed by atoms with Crippen molar-refractivity contribution in [2.75, 3.05) is 7.11 Å². The molecule has 4 heteroatoms. The lowest BCUT2D eigenvalue weighted by Crippen LogP contribution is -1.89. The van der Waals surface area contributed by atoms with Crippen molar-refractivity contribution in [2.45, 2.75) is 6.61 Å². The van der Waals surface area contributed by atoms with Gasteiger partial charge >= 0.3 is 0 Å². The number of ether oxygens (including phenoxy) is 1. The Balaban J connectivity index is 2.89. The largest absolute Gasteiger partial charge is 0.380 e. The molecule has 0 amide bonds. The number of rotatable bonds is 2. The second kappa shape index (κ2) is 4.18. The Morgan fingerprint density at radius 2 is 1.91 bits per heavy atom. The van der Waals surface area contributed by atoms with Gasteiger partial charge in [-0.15, -0.1) is 0 Å². The fourth-order valence-electron chi connectivity index (χ4n) is 0.764. The van der Waals surface area contributed by atoms with E-state index in [0.717, 1.165) is 14.8 Å². The summed E-state index contributed by atoms with van der Waals surface area (Å²) in [5, 5.41) is 0. The lowest BCUT2D eigenvalue weighted by molar-refractivity contribution is 0.184. The van der Waals surface area contributed by atoms with Gasteiger partial charge in [0.05, 0.1) is 6.61 Å². The summed E-state index contributed by atoms with van der Waals surface area (Å²) in [6, 6.07) is 3.85. The van der Waals surface area contributed by atoms with E-state index in [1.165, 1.54) is 0 Å². The summed E-state index contributed by atoms with van der Waals surface area (Å²) in [7, 11) is 1.67. The molecular weight excluding hydrogens is 274 g/mol. The van der Waals surface area contributed by atoms with Crippen LogP contribution < -0.4 is 0 Å². The number of aromatic nitrogens is 1. The molecule has 0 saturated heterocycles. The Morgan fingerprint density at radius 1 is 1.36 bits per heavy atom. The predicted molar refractivity (Wildman–Crippen MR) is 50.4 cm³/mol. The van der Waals surface area contributed by atoms with Crippen LogP contribution in [0.3, 0.4) is 0 Å². The van der Waals surface area contributed by atoms with Gasteiger partial charge < -0.3 is 4.74 Å². The van der Waals surface area contributed by atoms with Crippen molar-refractivity contribution >= 4 is 31.9 Å². The first kappa shape index (κ1) is 9.16. The van der Waals surface area contributed by atoms with Crippen LogP contribution in [-0.2, 0) is 11.3 Å². The molecule has 0 fully saturated rings. The van der Waals surface area contributed by atoms with Crippen molar-refractivity contribution < 1.29 is 4.74 Å². The maximum atomic E-state index is 4.97. The van der Waals surface area contributed by atoms with Gasteiger partial charge in [0.1, 0.15) is 9.21 Å². The summed E-state index contributed by atoms with van der Waals surface area (Å²) in [6.07, 6.45) is 0. The van der Waals surface area contributed by atoms with Crippen LogP contribution >= 0.6 is 31.9 Å². The van der Waals surface area contributed by atoms with Gasteiger partial charge in [-0.25, -0.2) is 4.98 Å². The third-order valence-electron chi connectivity index (χ3n) is 1.13. The number of nitrogens with zero attached hydrogens (tertiary/aromatic N) is 1. The van der Waals surface area contributed by atoms with Gasteiger partial charge in [-0.3, -0.25) is 0 Å². The SMILES string of the molecule is COCc1cc(Br)nc(Br)c1. The minimum Gasteiger partial charge on any atom is -0.380 e. The van der Waals surface area contributed by atoms with Crippen molar-refractivity contribution in [3.05, 3.63) is 26.9 Å². The summed E-state index contributed by atoms with van der Waals surface area (Å²) in [4.78, 5) is 4.09. The monoisotopic (exact) mass is 279 g/mol. The third-order valence-corrected chi connectivity index (χ3v) is 1.95. The van der Waals surface area contributed by atoms with E-state index < -0.39 is 0 Å². The summed E-state index contributed by atoms with van der Waals surface area (Å²) in [5.41, 5.74) is 1.10. The highest BCUT2D eigenvalue weighted by atomic mass is 79.9. The van der Waals surface area contributed by atoms with E-state index in [9.17, 15) is 0 Å². The first-order chi connectivity index (χ1) is 5.22. The molecule has 2 nitrogen and oxygen atoms in total. The van der Waals surface area contributed by atoms with Crippen LogP contribution in [0.4, 0.5) is 0 Å². The molecule has 60 valence electrons. The maximum absolute atomic E-state index is 4.97. The van der Waals surface area contributed by atoms with Gasteiger partial charge in [0.15, 0.2) is 0 Å². The van der Waals surface area contributed by atoms with E-state index >= 15 is 0 Å². The minimum absolute atomic E-state index is 0.611. The molecule has 0 spiro atoms. The Morgan fingerprint density at radius 3 is 2.36 bits per heavy atom. The number of hydrogen-bond acceptors (Lipinski definition) is 2. The first-order valence-electron chi connectivity index (χ1n) is 3.03. The predicted octanol–water partition coefficient (Wildman–Crippen LogP) is 2.75. The summed E-state index contributed by atoms with van der Waals surface area (Å²) < 4.78 is 6.61. The van der Waals surface area contributed by atoms with Crippen LogP contribution in [0.1, 0.15) is 5.56 Å². The fourth-order valence-corrected chi connectivity index (χ4v) is 1.97. The molecule has 11 heavy (non-hydrogen) atoms. The summed E-state index contributed by atoms with van der Waals surface area (Å²) in [6.45, 7) is 0.611. The van der Waals surface area contributed by atoms with Crippen LogP contribution in [0.2, 0.25) is 0 Å². The topological polar surface area (TPSA) is 22.1 Å². The zero-order chi connectivity index (χ0) is 8.27. The van der Waals surface area contributed by atoms with Gasteiger partial charge in [-0.1, -0.05) is 0 Å². The quantitative estimate of drug-likeness (QED) is 0.777. The molecule has 0 atom stereocenters. The van der Waals surface area contributed by atoms with Crippen LogP contribution in [0.5, 0.6) is 0 Å². The third kappa shape index (κ3) is 2.89. The van der Waals surface area contributed by atoms with E-state index in [-0.39, 0.29) is 0 Å². The van der Waals surface area contributed by atoms with E-state index in [1.807, 2.05) is 12.1 Å². The highest BCUT2D eigenvalue weighted by Crippen LogP contribution is 2.15. The van der Waals surface area contributed by atoms with E-state index in [2.05, 4.69) is 36.8 Å². The van der Waals surface area contributed by atoms with Crippen molar-refractivity contribution in [3.8, 4) is 0 Å². The lowest BCUT2D eigenvalue weighted by atomic mass is 10.3. The molecule has 0 aliphatic carbocycles. The highest BCUT2D eigenvalue weighted by molar-refractivity contribution is 9.11. The highest BCUT2D eigenvalue weighted by Gasteiger charge is 1.97. The summed E-state index contributed by atoms with van der Waals surface area (Å²) >= 11 is 6.57. The lowest BCUT2D eigenvalue weighted by Gasteiger charge is -2.00. The molecule has 1 aromatic rings. The van der Waals surface area contributed by atoms with Crippen molar-refractivity contribution in [1.82, 2.24) is 4.98 Å². The van der Waals surface area contributed by atoms with Crippen molar-refractivity contribution in [3.63, 3.8) is 0 Å². The van der Waals surface area contributed by atoms with Gasteiger partial charge in [0.2, 0.25) is 0 Å². The Hall–Kier alpha value is 0.0700. The molecule has 0 saturated carbocycles. The standard InChI is InChI=1S/C7H7Br2NO/c1-11-4-5-2-6(8)10-7(9)3-5/h2-3H,4H2,1H3. The molecule has 0 aliphatic rings. The average Bonchev–Trinajstić information content (AvgIpc) is 1.85. The Labute approximate surface area is 82.2 Å². The molecule has 0 aromatic carbocycles. The number of methoxy groups -OCH3 is 1. The zero-order valence-corrected chi connectivity index (χ0v) is 9.15. The number of halogens is 2. The van der Waals surface area contributed by atoms with E-state index in [4.69, 9.17) is 4.74 Å². The smallest absolute Gasteiger partial charge is 0.107 e. The van der Waals surface area contributed by atoms with Crippen LogP contribution in [0, 0.1) is 0 Å². The van der Waals surface area contributed by atoms with Gasteiger partial charge in [-0.2, -0.15) is 0 Å². The molecule has 1 aromatic heterocycles. The van der Waals surface area contributed by atoms with Gasteiger partial charge in [-0.05, 0) is 49.6 Å². The van der Waals surface area contributed by atoms with Crippen LogP contribution in [0.25, 0.3) is 0 Å².